The molecular weight excluding hydrogens is 312 g/mol. The molecule has 5 heteroatoms. The Balaban J connectivity index is 2.07. The highest BCUT2D eigenvalue weighted by atomic mass is 35.5. The molecule has 0 spiro atoms. The van der Waals surface area contributed by atoms with E-state index in [0.29, 0.717) is 28.8 Å². The van der Waals surface area contributed by atoms with Crippen molar-refractivity contribution in [2.24, 2.45) is 7.05 Å². The number of amides is 1. The van der Waals surface area contributed by atoms with Crippen molar-refractivity contribution in [3.05, 3.63) is 59.1 Å². The number of nitrogens with one attached hydrogen (secondary N) is 1. The van der Waals surface area contributed by atoms with Crippen molar-refractivity contribution < 1.29 is 9.53 Å². The molecule has 0 saturated carbocycles. The topological polar surface area (TPSA) is 43.3 Å². The zero-order valence-electron chi connectivity index (χ0n) is 13.0. The summed E-state index contributed by atoms with van der Waals surface area (Å²) in [5.41, 5.74) is 2.13. The second kappa shape index (κ2) is 6.34. The van der Waals surface area contributed by atoms with E-state index in [2.05, 4.69) is 5.32 Å². The van der Waals surface area contributed by atoms with Gasteiger partial charge in [-0.15, -0.1) is 0 Å². The van der Waals surface area contributed by atoms with Crippen LogP contribution in [0.2, 0.25) is 5.02 Å². The van der Waals surface area contributed by atoms with Crippen LogP contribution >= 0.6 is 11.6 Å². The molecule has 1 N–H and O–H groups in total. The van der Waals surface area contributed by atoms with Gasteiger partial charge in [-0.05, 0) is 31.2 Å². The van der Waals surface area contributed by atoms with E-state index in [0.717, 1.165) is 10.9 Å². The van der Waals surface area contributed by atoms with Gasteiger partial charge >= 0.3 is 0 Å². The third kappa shape index (κ3) is 2.90. The number of aryl methyl sites for hydroxylation is 1. The Hall–Kier alpha value is -2.46. The van der Waals surface area contributed by atoms with Crippen LogP contribution in [0.5, 0.6) is 5.88 Å². The molecule has 1 amide bonds. The summed E-state index contributed by atoms with van der Waals surface area (Å²) in [5, 5.41) is 4.32. The number of ether oxygens (including phenoxy) is 1. The van der Waals surface area contributed by atoms with Gasteiger partial charge in [-0.2, -0.15) is 0 Å². The summed E-state index contributed by atoms with van der Waals surface area (Å²) in [6, 6.07) is 14.8. The van der Waals surface area contributed by atoms with Crippen LogP contribution in [-0.4, -0.2) is 17.1 Å². The number of carbonyl (C=O) groups excluding carboxylic acids is 1. The summed E-state index contributed by atoms with van der Waals surface area (Å²) < 4.78 is 7.61. The van der Waals surface area contributed by atoms with Crippen LogP contribution in [0.3, 0.4) is 0 Å². The van der Waals surface area contributed by atoms with Crippen LogP contribution in [-0.2, 0) is 7.05 Å². The Morgan fingerprint density at radius 2 is 2.00 bits per heavy atom. The number of anilines is 1. The van der Waals surface area contributed by atoms with Gasteiger partial charge in [-0.1, -0.05) is 35.9 Å². The molecule has 0 aliphatic heterocycles. The number of hydrogen-bond donors (Lipinski definition) is 1. The number of benzene rings is 2. The second-order valence-electron chi connectivity index (χ2n) is 5.15. The van der Waals surface area contributed by atoms with Crippen LogP contribution in [0.1, 0.15) is 17.3 Å². The van der Waals surface area contributed by atoms with E-state index in [1.807, 2.05) is 42.8 Å². The third-order valence-corrected chi connectivity index (χ3v) is 3.88. The fraction of sp³-hybridized carbons (Fsp3) is 0.167. The summed E-state index contributed by atoms with van der Waals surface area (Å²) in [6.07, 6.45) is 0. The first-order chi connectivity index (χ1) is 11.1. The number of nitrogens with zero attached hydrogens (tertiary/aromatic N) is 1. The van der Waals surface area contributed by atoms with Crippen molar-refractivity contribution in [3.8, 4) is 5.88 Å². The molecule has 1 aromatic heterocycles. The molecule has 1 heterocycles. The Labute approximate surface area is 139 Å². The Kier molecular flexibility index (Phi) is 4.26. The number of aromatic nitrogens is 1. The quantitative estimate of drug-likeness (QED) is 0.767. The Morgan fingerprint density at radius 3 is 2.74 bits per heavy atom. The lowest BCUT2D eigenvalue weighted by molar-refractivity contribution is 0.102. The summed E-state index contributed by atoms with van der Waals surface area (Å²) in [5.74, 6) is 0.348. The van der Waals surface area contributed by atoms with Crippen molar-refractivity contribution in [1.82, 2.24) is 4.57 Å². The predicted molar refractivity (Wildman–Crippen MR) is 93.5 cm³/mol. The molecule has 0 atom stereocenters. The van der Waals surface area contributed by atoms with Crippen LogP contribution in [0.15, 0.2) is 48.5 Å². The van der Waals surface area contributed by atoms with Crippen LogP contribution in [0.25, 0.3) is 10.9 Å². The second-order valence-corrected chi connectivity index (χ2v) is 5.59. The van der Waals surface area contributed by atoms with Gasteiger partial charge in [0, 0.05) is 23.1 Å². The van der Waals surface area contributed by atoms with E-state index in [9.17, 15) is 4.79 Å². The zero-order chi connectivity index (χ0) is 16.4. The summed E-state index contributed by atoms with van der Waals surface area (Å²) in [7, 11) is 1.89. The number of fused-ring (bicyclic) bond motifs is 1. The fourth-order valence-corrected chi connectivity index (χ4v) is 2.85. The minimum absolute atomic E-state index is 0.215. The van der Waals surface area contributed by atoms with E-state index in [1.165, 1.54) is 0 Å². The third-order valence-electron chi connectivity index (χ3n) is 3.64. The SMILES string of the molecule is CCOc1c(C(=O)Nc2cccc(Cl)c2)c2ccccc2n1C. The maximum Gasteiger partial charge on any atom is 0.261 e. The Bertz CT molecular complexity index is 871. The largest absolute Gasteiger partial charge is 0.479 e. The molecule has 4 nitrogen and oxygen atoms in total. The molecule has 3 aromatic rings. The first-order valence-corrected chi connectivity index (χ1v) is 7.76. The van der Waals surface area contributed by atoms with Gasteiger partial charge in [-0.25, -0.2) is 0 Å². The molecule has 0 unspecified atom stereocenters. The maximum absolute atomic E-state index is 12.8. The highest BCUT2D eigenvalue weighted by Gasteiger charge is 2.22. The molecule has 0 saturated heterocycles. The van der Waals surface area contributed by atoms with Crippen molar-refractivity contribution in [1.29, 1.82) is 0 Å². The maximum atomic E-state index is 12.8. The van der Waals surface area contributed by atoms with Gasteiger partial charge in [0.25, 0.3) is 5.91 Å². The lowest BCUT2D eigenvalue weighted by Gasteiger charge is -2.09. The van der Waals surface area contributed by atoms with Gasteiger partial charge in [0.2, 0.25) is 5.88 Å². The molecule has 23 heavy (non-hydrogen) atoms. The van der Waals surface area contributed by atoms with Gasteiger partial charge in [0.1, 0.15) is 5.56 Å². The van der Waals surface area contributed by atoms with Crippen molar-refractivity contribution in [2.45, 2.75) is 6.92 Å². The number of hydrogen-bond acceptors (Lipinski definition) is 2. The van der Waals surface area contributed by atoms with Gasteiger partial charge < -0.3 is 14.6 Å². The molecule has 3 rings (SSSR count). The lowest BCUT2D eigenvalue weighted by atomic mass is 10.1. The van der Waals surface area contributed by atoms with E-state index in [1.54, 1.807) is 24.3 Å². The number of rotatable bonds is 4. The molecule has 118 valence electrons. The van der Waals surface area contributed by atoms with E-state index in [-0.39, 0.29) is 5.91 Å². The zero-order valence-corrected chi connectivity index (χ0v) is 13.7. The lowest BCUT2D eigenvalue weighted by Crippen LogP contribution is -2.13. The highest BCUT2D eigenvalue weighted by Crippen LogP contribution is 2.32. The van der Waals surface area contributed by atoms with E-state index >= 15 is 0 Å². The van der Waals surface area contributed by atoms with Gasteiger partial charge in [0.15, 0.2) is 0 Å². The minimum atomic E-state index is -0.215. The first-order valence-electron chi connectivity index (χ1n) is 7.39. The van der Waals surface area contributed by atoms with Crippen LogP contribution in [0.4, 0.5) is 5.69 Å². The van der Waals surface area contributed by atoms with Gasteiger partial charge in [0.05, 0.1) is 12.1 Å². The average Bonchev–Trinajstić information content (AvgIpc) is 2.81. The van der Waals surface area contributed by atoms with E-state index in [4.69, 9.17) is 16.3 Å². The monoisotopic (exact) mass is 328 g/mol. The Morgan fingerprint density at radius 1 is 1.22 bits per heavy atom. The molecule has 0 bridgehead atoms. The molecule has 0 aliphatic carbocycles. The van der Waals surface area contributed by atoms with Crippen LogP contribution < -0.4 is 10.1 Å². The summed E-state index contributed by atoms with van der Waals surface area (Å²) in [4.78, 5) is 12.8. The summed E-state index contributed by atoms with van der Waals surface area (Å²) >= 11 is 5.97. The standard InChI is InChI=1S/C18H17ClN2O2/c1-3-23-18-16(14-9-4-5-10-15(14)21(18)2)17(22)20-13-8-6-7-12(19)11-13/h4-11H,3H2,1-2H3,(H,20,22). The van der Waals surface area contributed by atoms with Crippen molar-refractivity contribution >= 4 is 34.1 Å². The minimum Gasteiger partial charge on any atom is -0.479 e. The number of carbonyl (C=O) groups is 1. The highest BCUT2D eigenvalue weighted by molar-refractivity contribution is 6.31. The number of para-hydroxylation sites is 1. The first kappa shape index (κ1) is 15.4. The van der Waals surface area contributed by atoms with E-state index < -0.39 is 0 Å². The van der Waals surface area contributed by atoms with Gasteiger partial charge in [-0.3, -0.25) is 4.79 Å². The number of halogens is 1. The van der Waals surface area contributed by atoms with Crippen molar-refractivity contribution in [3.63, 3.8) is 0 Å². The van der Waals surface area contributed by atoms with Crippen molar-refractivity contribution in [2.75, 3.05) is 11.9 Å². The smallest absolute Gasteiger partial charge is 0.261 e. The normalized spacial score (nSPS) is 10.7. The molecule has 0 aliphatic rings. The predicted octanol–water partition coefficient (Wildman–Crippen LogP) is 4.48. The fourth-order valence-electron chi connectivity index (χ4n) is 2.65. The molecule has 0 radical (unpaired) electrons. The molecule has 0 fully saturated rings. The summed E-state index contributed by atoms with van der Waals surface area (Å²) in [6.45, 7) is 2.39. The molecule has 2 aromatic carbocycles. The molecular formula is C18H17ClN2O2. The average molecular weight is 329 g/mol. The van der Waals surface area contributed by atoms with Crippen LogP contribution in [0, 0.1) is 0 Å².